The predicted octanol–water partition coefficient (Wildman–Crippen LogP) is 0.604. The molecular formula is C14H24N2O2. The second kappa shape index (κ2) is 4.82. The number of nitrogens with zero attached hydrogens (tertiary/aromatic N) is 1. The highest BCUT2D eigenvalue weighted by molar-refractivity contribution is 5.79. The zero-order valence-corrected chi connectivity index (χ0v) is 11.1. The minimum absolute atomic E-state index is 0.167. The van der Waals surface area contributed by atoms with E-state index in [0.717, 1.165) is 45.3 Å². The van der Waals surface area contributed by atoms with Crippen LogP contribution in [0.15, 0.2) is 0 Å². The SMILES string of the molecule is CC1CC(C(=O)N2CC3CCC(O)C3C2)CCN1. The topological polar surface area (TPSA) is 52.6 Å². The van der Waals surface area contributed by atoms with Crippen molar-refractivity contribution in [2.24, 2.45) is 17.8 Å². The van der Waals surface area contributed by atoms with Gasteiger partial charge in [0.05, 0.1) is 6.10 Å². The number of amides is 1. The van der Waals surface area contributed by atoms with Crippen LogP contribution >= 0.6 is 0 Å². The second-order valence-electron chi connectivity index (χ2n) is 6.39. The molecule has 0 aromatic rings. The molecule has 2 heterocycles. The number of likely N-dealkylation sites (tertiary alicyclic amines) is 1. The Morgan fingerprint density at radius 3 is 2.83 bits per heavy atom. The van der Waals surface area contributed by atoms with E-state index < -0.39 is 0 Å². The molecule has 3 aliphatic rings. The van der Waals surface area contributed by atoms with E-state index in [1.54, 1.807) is 0 Å². The van der Waals surface area contributed by atoms with E-state index in [9.17, 15) is 9.90 Å². The third-order valence-corrected chi connectivity index (χ3v) is 5.10. The highest BCUT2D eigenvalue weighted by Crippen LogP contribution is 2.39. The van der Waals surface area contributed by atoms with Gasteiger partial charge in [-0.25, -0.2) is 0 Å². The summed E-state index contributed by atoms with van der Waals surface area (Å²) in [5.41, 5.74) is 0. The quantitative estimate of drug-likeness (QED) is 0.719. The third-order valence-electron chi connectivity index (χ3n) is 5.10. The zero-order chi connectivity index (χ0) is 12.7. The molecule has 1 amide bonds. The number of aliphatic hydroxyl groups is 1. The monoisotopic (exact) mass is 252 g/mol. The first-order chi connectivity index (χ1) is 8.65. The van der Waals surface area contributed by atoms with Gasteiger partial charge in [0, 0.05) is 31.0 Å². The van der Waals surface area contributed by atoms with Crippen LogP contribution in [0, 0.1) is 17.8 Å². The molecule has 3 fully saturated rings. The van der Waals surface area contributed by atoms with Gasteiger partial charge in [-0.2, -0.15) is 0 Å². The number of fused-ring (bicyclic) bond motifs is 1. The summed E-state index contributed by atoms with van der Waals surface area (Å²) in [4.78, 5) is 14.5. The van der Waals surface area contributed by atoms with Crippen LogP contribution in [0.3, 0.4) is 0 Å². The molecule has 4 heteroatoms. The molecule has 5 unspecified atom stereocenters. The Morgan fingerprint density at radius 1 is 1.28 bits per heavy atom. The summed E-state index contributed by atoms with van der Waals surface area (Å²) < 4.78 is 0. The Labute approximate surface area is 109 Å². The van der Waals surface area contributed by atoms with Crippen LogP contribution in [0.5, 0.6) is 0 Å². The van der Waals surface area contributed by atoms with Gasteiger partial charge in [-0.1, -0.05) is 0 Å². The molecular weight excluding hydrogens is 228 g/mol. The van der Waals surface area contributed by atoms with Crippen LogP contribution < -0.4 is 5.32 Å². The maximum atomic E-state index is 12.5. The molecule has 0 radical (unpaired) electrons. The number of aliphatic hydroxyl groups excluding tert-OH is 1. The molecule has 2 aliphatic heterocycles. The van der Waals surface area contributed by atoms with Gasteiger partial charge in [0.15, 0.2) is 0 Å². The Kier molecular flexibility index (Phi) is 3.32. The van der Waals surface area contributed by atoms with Gasteiger partial charge in [0.25, 0.3) is 0 Å². The van der Waals surface area contributed by atoms with Gasteiger partial charge >= 0.3 is 0 Å². The van der Waals surface area contributed by atoms with Crippen LogP contribution in [0.2, 0.25) is 0 Å². The highest BCUT2D eigenvalue weighted by Gasteiger charge is 2.44. The van der Waals surface area contributed by atoms with Crippen LogP contribution in [0.1, 0.15) is 32.6 Å². The van der Waals surface area contributed by atoms with Crippen molar-refractivity contribution in [3.8, 4) is 0 Å². The van der Waals surface area contributed by atoms with Crippen molar-refractivity contribution >= 4 is 5.91 Å². The van der Waals surface area contributed by atoms with Crippen LogP contribution in [0.4, 0.5) is 0 Å². The molecule has 1 aliphatic carbocycles. The third kappa shape index (κ3) is 2.16. The molecule has 5 atom stereocenters. The second-order valence-corrected chi connectivity index (χ2v) is 6.39. The first-order valence-corrected chi connectivity index (χ1v) is 7.35. The van der Waals surface area contributed by atoms with E-state index in [-0.39, 0.29) is 12.0 Å². The van der Waals surface area contributed by atoms with Crippen LogP contribution in [0.25, 0.3) is 0 Å². The minimum Gasteiger partial charge on any atom is -0.393 e. The van der Waals surface area contributed by atoms with Crippen molar-refractivity contribution in [3.05, 3.63) is 0 Å². The Balaban J connectivity index is 1.60. The van der Waals surface area contributed by atoms with E-state index in [1.807, 2.05) is 4.90 Å². The van der Waals surface area contributed by atoms with Crippen LogP contribution in [-0.4, -0.2) is 47.7 Å². The molecule has 0 aromatic carbocycles. The summed E-state index contributed by atoms with van der Waals surface area (Å²) >= 11 is 0. The van der Waals surface area contributed by atoms with E-state index in [0.29, 0.717) is 23.8 Å². The summed E-state index contributed by atoms with van der Waals surface area (Å²) in [6.45, 7) is 4.80. The van der Waals surface area contributed by atoms with Crippen molar-refractivity contribution in [3.63, 3.8) is 0 Å². The first kappa shape index (κ1) is 12.4. The molecule has 4 nitrogen and oxygen atoms in total. The fraction of sp³-hybridized carbons (Fsp3) is 0.929. The Morgan fingerprint density at radius 2 is 2.11 bits per heavy atom. The minimum atomic E-state index is -0.167. The fourth-order valence-electron chi connectivity index (χ4n) is 4.03. The number of nitrogens with one attached hydrogen (secondary N) is 1. The average molecular weight is 252 g/mol. The number of hydrogen-bond acceptors (Lipinski definition) is 3. The summed E-state index contributed by atoms with van der Waals surface area (Å²) in [6.07, 6.45) is 3.80. The van der Waals surface area contributed by atoms with Gasteiger partial charge in [0.1, 0.15) is 0 Å². The van der Waals surface area contributed by atoms with Crippen molar-refractivity contribution in [2.75, 3.05) is 19.6 Å². The van der Waals surface area contributed by atoms with E-state index >= 15 is 0 Å². The smallest absolute Gasteiger partial charge is 0.225 e. The van der Waals surface area contributed by atoms with Gasteiger partial charge in [-0.15, -0.1) is 0 Å². The van der Waals surface area contributed by atoms with Gasteiger partial charge < -0.3 is 15.3 Å². The number of rotatable bonds is 1. The Bertz CT molecular complexity index is 334. The number of hydrogen-bond donors (Lipinski definition) is 2. The Hall–Kier alpha value is -0.610. The molecule has 102 valence electrons. The van der Waals surface area contributed by atoms with Crippen molar-refractivity contribution < 1.29 is 9.90 Å². The average Bonchev–Trinajstić information content (AvgIpc) is 2.91. The number of carbonyl (C=O) groups excluding carboxylic acids is 1. The lowest BCUT2D eigenvalue weighted by atomic mass is 9.92. The maximum Gasteiger partial charge on any atom is 0.225 e. The van der Waals surface area contributed by atoms with E-state index in [2.05, 4.69) is 12.2 Å². The molecule has 18 heavy (non-hydrogen) atoms. The van der Waals surface area contributed by atoms with Crippen molar-refractivity contribution in [1.82, 2.24) is 10.2 Å². The maximum absolute atomic E-state index is 12.5. The molecule has 0 bridgehead atoms. The summed E-state index contributed by atoms with van der Waals surface area (Å²) in [5.74, 6) is 1.46. The number of carbonyl (C=O) groups is 1. The lowest BCUT2D eigenvalue weighted by molar-refractivity contribution is -0.136. The fourth-order valence-corrected chi connectivity index (χ4v) is 4.03. The van der Waals surface area contributed by atoms with Gasteiger partial charge in [-0.3, -0.25) is 4.79 Å². The molecule has 1 saturated carbocycles. The lowest BCUT2D eigenvalue weighted by Gasteiger charge is -2.30. The molecule has 0 aromatic heterocycles. The van der Waals surface area contributed by atoms with E-state index in [1.165, 1.54) is 0 Å². The first-order valence-electron chi connectivity index (χ1n) is 7.35. The standard InChI is InChI=1S/C14H24N2O2/c1-9-6-10(4-5-15-9)14(18)16-7-11-2-3-13(17)12(11)8-16/h9-13,15,17H,2-8H2,1H3. The van der Waals surface area contributed by atoms with Crippen molar-refractivity contribution in [1.29, 1.82) is 0 Å². The van der Waals surface area contributed by atoms with Gasteiger partial charge in [0.2, 0.25) is 5.91 Å². The zero-order valence-electron chi connectivity index (χ0n) is 11.1. The molecule has 2 N–H and O–H groups in total. The predicted molar refractivity (Wildman–Crippen MR) is 69.0 cm³/mol. The molecule has 0 spiro atoms. The molecule has 2 saturated heterocycles. The summed E-state index contributed by atoms with van der Waals surface area (Å²) in [7, 11) is 0. The van der Waals surface area contributed by atoms with Gasteiger partial charge in [-0.05, 0) is 45.1 Å². The molecule has 3 rings (SSSR count). The van der Waals surface area contributed by atoms with Crippen molar-refractivity contribution in [2.45, 2.75) is 44.8 Å². The largest absolute Gasteiger partial charge is 0.393 e. The normalized spacial score (nSPS) is 44.1. The van der Waals surface area contributed by atoms with Crippen LogP contribution in [-0.2, 0) is 4.79 Å². The summed E-state index contributed by atoms with van der Waals surface area (Å²) in [5, 5.41) is 13.3. The highest BCUT2D eigenvalue weighted by atomic mass is 16.3. The van der Waals surface area contributed by atoms with E-state index in [4.69, 9.17) is 0 Å². The number of piperidine rings is 1. The summed E-state index contributed by atoms with van der Waals surface area (Å²) in [6, 6.07) is 0.459. The lowest BCUT2D eigenvalue weighted by Crippen LogP contribution is -2.44.